The van der Waals surface area contributed by atoms with Gasteiger partial charge in [0.1, 0.15) is 13.2 Å². The van der Waals surface area contributed by atoms with Gasteiger partial charge in [-0.15, -0.1) is 0 Å². The van der Waals surface area contributed by atoms with Crippen LogP contribution in [0.1, 0.15) is 230 Å². The number of nitrogens with zero attached hydrogens (tertiary/aromatic N) is 1. The maximum atomic E-state index is 13.0. The summed E-state index contributed by atoms with van der Waals surface area (Å²) in [5, 5.41) is 31.0. The summed E-state index contributed by atoms with van der Waals surface area (Å²) in [6.07, 6.45) is 34.5. The number of hydrogen-bond donors (Lipinski definition) is 3. The third-order valence-corrected chi connectivity index (χ3v) is 12.7. The summed E-state index contributed by atoms with van der Waals surface area (Å²) in [7, 11) is 0. The molecule has 0 rings (SSSR count). The van der Waals surface area contributed by atoms with Crippen LogP contribution in [-0.4, -0.2) is 107 Å². The summed E-state index contributed by atoms with van der Waals surface area (Å²) in [6.45, 7) is 23.7. The molecule has 0 bridgehead atoms. The van der Waals surface area contributed by atoms with Crippen molar-refractivity contribution >= 4 is 35.5 Å². The minimum atomic E-state index is -0.586. The van der Waals surface area contributed by atoms with Gasteiger partial charge in [-0.1, -0.05) is 190 Å². The number of esters is 2. The lowest BCUT2D eigenvalue weighted by molar-refractivity contribution is -0.149. The van der Waals surface area contributed by atoms with E-state index in [1.807, 2.05) is 13.8 Å². The zero-order chi connectivity index (χ0) is 49.4. The Labute approximate surface area is 413 Å². The molecule has 0 aromatic rings. The van der Waals surface area contributed by atoms with Crippen LogP contribution in [0.4, 0.5) is 0 Å². The smallest absolute Gasteiger partial charge is 0.308 e. The highest BCUT2D eigenvalue weighted by Crippen LogP contribution is 2.21. The van der Waals surface area contributed by atoms with Gasteiger partial charge in [-0.05, 0) is 70.8 Å². The van der Waals surface area contributed by atoms with Crippen LogP contribution in [0.5, 0.6) is 0 Å². The van der Waals surface area contributed by atoms with Crippen LogP contribution in [0.3, 0.4) is 0 Å². The topological polar surface area (TPSA) is 117 Å². The minimum Gasteiger partial charge on any atom is -0.465 e. The van der Waals surface area contributed by atoms with Crippen LogP contribution < -0.4 is 0 Å². The first-order chi connectivity index (χ1) is 31.6. The largest absolute Gasteiger partial charge is 0.465 e. The summed E-state index contributed by atoms with van der Waals surface area (Å²) >= 11 is 3.16. The van der Waals surface area contributed by atoms with Crippen LogP contribution in [0.15, 0.2) is 24.3 Å². The standard InChI is InChI=1S/C46H87NO7S2.C4H10.C3H8.C2H6/c1-5-9-13-17-19-23-29-41(27-21-15-11-7-3)45(51)53-33-35-55-39-43(49)37-47(31-25-26-32-48)38-44(50)40-56-36-34-54-46(52)42(28-22-16-12-8-4)30-24-20-18-14-10-6-2;1-3-4-2;1-3-2;1-2/h17-20,41-44,48-50H,5-16,21-40H2,1-4H3;3-4H2,1-2H3;3H2,1-2H3;1-2H3/b19-17+,20-18+;;;. The van der Waals surface area contributed by atoms with E-state index in [0.717, 1.165) is 83.5 Å². The molecule has 0 spiro atoms. The second kappa shape index (κ2) is 61.0. The number of unbranched alkanes of at least 4 members (excludes halogenated alkanes) is 12. The lowest BCUT2D eigenvalue weighted by Crippen LogP contribution is -2.40. The number of rotatable bonds is 43. The van der Waals surface area contributed by atoms with Crippen molar-refractivity contribution < 1.29 is 34.4 Å². The van der Waals surface area contributed by atoms with Crippen molar-refractivity contribution in [2.45, 2.75) is 242 Å². The van der Waals surface area contributed by atoms with E-state index in [4.69, 9.17) is 9.47 Å². The molecule has 65 heavy (non-hydrogen) atoms. The van der Waals surface area contributed by atoms with E-state index in [1.165, 1.54) is 70.6 Å². The van der Waals surface area contributed by atoms with E-state index in [2.05, 4.69) is 84.6 Å². The summed E-state index contributed by atoms with van der Waals surface area (Å²) in [6, 6.07) is 0. The van der Waals surface area contributed by atoms with Gasteiger partial charge in [0.25, 0.3) is 0 Å². The van der Waals surface area contributed by atoms with Crippen molar-refractivity contribution in [2.24, 2.45) is 11.8 Å². The van der Waals surface area contributed by atoms with E-state index >= 15 is 0 Å². The van der Waals surface area contributed by atoms with E-state index in [1.54, 1.807) is 23.5 Å². The predicted molar refractivity (Wildman–Crippen MR) is 290 cm³/mol. The van der Waals surface area contributed by atoms with Crippen LogP contribution in [0.25, 0.3) is 0 Å². The van der Waals surface area contributed by atoms with Crippen LogP contribution in [0.2, 0.25) is 0 Å². The van der Waals surface area contributed by atoms with Crippen molar-refractivity contribution in [3.05, 3.63) is 24.3 Å². The number of aliphatic hydroxyl groups is 3. The quantitative estimate of drug-likeness (QED) is 0.0310. The molecular formula is C55H111NO7S2. The molecule has 0 amide bonds. The second-order valence-electron chi connectivity index (χ2n) is 17.2. The van der Waals surface area contributed by atoms with E-state index in [0.29, 0.717) is 62.3 Å². The third kappa shape index (κ3) is 55.4. The summed E-state index contributed by atoms with van der Waals surface area (Å²) in [5.74, 6) is 2.00. The van der Waals surface area contributed by atoms with Gasteiger partial charge in [-0.3, -0.25) is 14.5 Å². The van der Waals surface area contributed by atoms with E-state index < -0.39 is 12.2 Å². The fourth-order valence-corrected chi connectivity index (χ4v) is 8.08. The number of carbonyl (C=O) groups is 2. The molecule has 0 fully saturated rings. The highest BCUT2D eigenvalue weighted by Gasteiger charge is 2.21. The maximum absolute atomic E-state index is 13.0. The monoisotopic (exact) mass is 962 g/mol. The molecule has 4 unspecified atom stereocenters. The Kier molecular flexibility index (Phi) is 66.2. The molecule has 0 radical (unpaired) electrons. The SMILES string of the molecule is CC.CCC.CCCC.CCCC/C=C/CCC(CCCCCC)C(=O)OCCSCC(O)CN(CCCCO)CC(O)CSCCOC(=O)C(CC/C=C/CCCC)CCCCCC. The molecule has 0 aliphatic rings. The number of hydrogen-bond acceptors (Lipinski definition) is 10. The molecule has 0 saturated heterocycles. The van der Waals surface area contributed by atoms with Gasteiger partial charge in [0, 0.05) is 42.7 Å². The summed E-state index contributed by atoms with van der Waals surface area (Å²) in [5.41, 5.74) is 0. The highest BCUT2D eigenvalue weighted by molar-refractivity contribution is 7.99. The zero-order valence-corrected chi connectivity index (χ0v) is 46.2. The number of allylic oxidation sites excluding steroid dienone is 4. The molecule has 390 valence electrons. The van der Waals surface area contributed by atoms with Crippen molar-refractivity contribution in [1.82, 2.24) is 4.90 Å². The first-order valence-electron chi connectivity index (χ1n) is 27.1. The van der Waals surface area contributed by atoms with Gasteiger partial charge in [-0.25, -0.2) is 0 Å². The third-order valence-electron chi connectivity index (χ3n) is 10.5. The van der Waals surface area contributed by atoms with Crippen molar-refractivity contribution in [3.8, 4) is 0 Å². The number of thioether (sulfide) groups is 2. The molecule has 8 nitrogen and oxygen atoms in total. The molecule has 0 heterocycles. The average Bonchev–Trinajstić information content (AvgIpc) is 3.30. The van der Waals surface area contributed by atoms with E-state index in [9.17, 15) is 24.9 Å². The predicted octanol–water partition coefficient (Wildman–Crippen LogP) is 14.8. The molecular weight excluding hydrogens is 851 g/mol. The van der Waals surface area contributed by atoms with E-state index in [-0.39, 0.29) is 30.4 Å². The van der Waals surface area contributed by atoms with Crippen LogP contribution in [-0.2, 0) is 19.1 Å². The molecule has 0 aromatic heterocycles. The maximum Gasteiger partial charge on any atom is 0.308 e. The van der Waals surface area contributed by atoms with Gasteiger partial charge in [0.2, 0.25) is 0 Å². The van der Waals surface area contributed by atoms with Crippen molar-refractivity contribution in [3.63, 3.8) is 0 Å². The molecule has 0 aromatic carbocycles. The second-order valence-corrected chi connectivity index (χ2v) is 19.5. The Bertz CT molecular complexity index is 916. The zero-order valence-electron chi connectivity index (χ0n) is 44.6. The van der Waals surface area contributed by atoms with Crippen molar-refractivity contribution in [1.29, 1.82) is 0 Å². The number of ether oxygens (including phenoxy) is 2. The van der Waals surface area contributed by atoms with Gasteiger partial charge in [0.15, 0.2) is 0 Å². The molecule has 0 aliphatic carbocycles. The highest BCUT2D eigenvalue weighted by atomic mass is 32.2. The summed E-state index contributed by atoms with van der Waals surface area (Å²) < 4.78 is 11.4. The molecule has 3 N–H and O–H groups in total. The molecule has 4 atom stereocenters. The minimum absolute atomic E-state index is 0.0552. The van der Waals surface area contributed by atoms with Crippen LogP contribution in [0, 0.1) is 11.8 Å². The van der Waals surface area contributed by atoms with Gasteiger partial charge in [0.05, 0.1) is 24.0 Å². The first kappa shape index (κ1) is 70.5. The first-order valence-corrected chi connectivity index (χ1v) is 29.4. The Hall–Kier alpha value is -1.04. The number of aliphatic hydroxyl groups excluding tert-OH is 3. The molecule has 10 heteroatoms. The Morgan fingerprint density at radius 3 is 1.25 bits per heavy atom. The number of carbonyl (C=O) groups excluding carboxylic acids is 2. The normalized spacial score (nSPS) is 13.0. The fraction of sp³-hybridized carbons (Fsp3) is 0.891. The Balaban J connectivity index is -0.00000189. The lowest BCUT2D eigenvalue weighted by Gasteiger charge is -2.27. The fourth-order valence-electron chi connectivity index (χ4n) is 6.59. The lowest BCUT2D eigenvalue weighted by atomic mass is 9.95. The van der Waals surface area contributed by atoms with Crippen LogP contribution >= 0.6 is 23.5 Å². The molecule has 0 aliphatic heterocycles. The Morgan fingerprint density at radius 2 is 0.892 bits per heavy atom. The Morgan fingerprint density at radius 1 is 0.508 bits per heavy atom. The van der Waals surface area contributed by atoms with Gasteiger partial charge < -0.3 is 24.8 Å². The van der Waals surface area contributed by atoms with Gasteiger partial charge >= 0.3 is 11.9 Å². The van der Waals surface area contributed by atoms with Gasteiger partial charge in [-0.2, -0.15) is 23.5 Å². The summed E-state index contributed by atoms with van der Waals surface area (Å²) in [4.78, 5) is 28.0. The van der Waals surface area contributed by atoms with Crippen molar-refractivity contribution in [2.75, 3.05) is 62.5 Å². The molecule has 0 saturated carbocycles. The average molecular weight is 963 g/mol.